The zero-order chi connectivity index (χ0) is 14.8. The van der Waals surface area contributed by atoms with Crippen LogP contribution in [0.15, 0.2) is 6.20 Å². The van der Waals surface area contributed by atoms with Gasteiger partial charge in [0.15, 0.2) is 0 Å². The molecule has 0 aromatic carbocycles. The highest BCUT2D eigenvalue weighted by Gasteiger charge is 2.39. The molecule has 1 unspecified atom stereocenters. The summed E-state index contributed by atoms with van der Waals surface area (Å²) in [5.74, 6) is -2.31. The SMILES string of the molecule is CCNC(c1c(Cl)cnn1CC)C1CCC(F)(F)CC1. The number of nitrogens with zero attached hydrogens (tertiary/aromatic N) is 2. The average Bonchev–Trinajstić information content (AvgIpc) is 2.77. The Morgan fingerprint density at radius 1 is 1.45 bits per heavy atom. The van der Waals surface area contributed by atoms with Crippen LogP contribution in [-0.2, 0) is 6.54 Å². The molecule has 1 aliphatic rings. The van der Waals surface area contributed by atoms with Crippen LogP contribution in [-0.4, -0.2) is 22.2 Å². The molecule has 0 bridgehead atoms. The number of halogens is 3. The molecule has 0 amide bonds. The molecular formula is C14H22ClF2N3. The molecule has 1 heterocycles. The number of hydrogen-bond donors (Lipinski definition) is 1. The Balaban J connectivity index is 2.21. The minimum absolute atomic E-state index is 0.00560. The third-order valence-electron chi connectivity index (χ3n) is 4.08. The number of alkyl halides is 2. The van der Waals surface area contributed by atoms with E-state index in [9.17, 15) is 8.78 Å². The van der Waals surface area contributed by atoms with Crippen molar-refractivity contribution in [1.29, 1.82) is 0 Å². The maximum Gasteiger partial charge on any atom is 0.248 e. The molecule has 2 rings (SSSR count). The van der Waals surface area contributed by atoms with Crippen molar-refractivity contribution in [2.75, 3.05) is 6.54 Å². The van der Waals surface area contributed by atoms with E-state index in [0.717, 1.165) is 18.8 Å². The number of rotatable bonds is 5. The maximum atomic E-state index is 13.3. The highest BCUT2D eigenvalue weighted by Crippen LogP contribution is 2.42. The van der Waals surface area contributed by atoms with Crippen LogP contribution in [0.5, 0.6) is 0 Å². The van der Waals surface area contributed by atoms with Crippen LogP contribution in [0.25, 0.3) is 0 Å². The van der Waals surface area contributed by atoms with E-state index in [1.807, 2.05) is 18.5 Å². The van der Waals surface area contributed by atoms with Gasteiger partial charge in [-0.25, -0.2) is 8.78 Å². The monoisotopic (exact) mass is 305 g/mol. The molecule has 114 valence electrons. The van der Waals surface area contributed by atoms with Crippen molar-refractivity contribution >= 4 is 11.6 Å². The van der Waals surface area contributed by atoms with Crippen LogP contribution in [0.1, 0.15) is 51.3 Å². The van der Waals surface area contributed by atoms with Gasteiger partial charge in [-0.1, -0.05) is 18.5 Å². The molecule has 3 nitrogen and oxygen atoms in total. The van der Waals surface area contributed by atoms with Crippen LogP contribution in [0.3, 0.4) is 0 Å². The first-order valence-corrected chi connectivity index (χ1v) is 7.68. The lowest BCUT2D eigenvalue weighted by Gasteiger charge is -2.34. The standard InChI is InChI=1S/C14H22ClF2N3/c1-3-18-12(10-5-7-14(16,17)8-6-10)13-11(15)9-19-20(13)4-2/h9-10,12,18H,3-8H2,1-2H3. The predicted octanol–water partition coefficient (Wildman–Crippen LogP) is 4.03. The number of nitrogens with one attached hydrogen (secondary N) is 1. The molecule has 1 aromatic rings. The van der Waals surface area contributed by atoms with Crippen LogP contribution in [0.4, 0.5) is 8.78 Å². The molecule has 20 heavy (non-hydrogen) atoms. The van der Waals surface area contributed by atoms with E-state index in [1.54, 1.807) is 6.20 Å². The van der Waals surface area contributed by atoms with Crippen molar-refractivity contribution in [2.24, 2.45) is 5.92 Å². The predicted molar refractivity (Wildman–Crippen MR) is 76.2 cm³/mol. The van der Waals surface area contributed by atoms with E-state index in [1.165, 1.54) is 0 Å². The van der Waals surface area contributed by atoms with Gasteiger partial charge in [-0.05, 0) is 32.2 Å². The smallest absolute Gasteiger partial charge is 0.248 e. The van der Waals surface area contributed by atoms with Gasteiger partial charge in [0, 0.05) is 19.4 Å². The molecule has 1 aromatic heterocycles. The highest BCUT2D eigenvalue weighted by atomic mass is 35.5. The quantitative estimate of drug-likeness (QED) is 0.890. The highest BCUT2D eigenvalue weighted by molar-refractivity contribution is 6.31. The minimum Gasteiger partial charge on any atom is -0.309 e. The molecular weight excluding hydrogens is 284 g/mol. The first kappa shape index (κ1) is 15.7. The Morgan fingerprint density at radius 2 is 2.10 bits per heavy atom. The summed E-state index contributed by atoms with van der Waals surface area (Å²) in [5, 5.41) is 8.29. The molecule has 1 N–H and O–H groups in total. The zero-order valence-electron chi connectivity index (χ0n) is 12.0. The minimum atomic E-state index is -2.50. The van der Waals surface area contributed by atoms with Crippen LogP contribution in [0, 0.1) is 5.92 Å². The fraction of sp³-hybridized carbons (Fsp3) is 0.786. The molecule has 0 saturated heterocycles. The van der Waals surface area contributed by atoms with Crippen molar-refractivity contribution in [3.8, 4) is 0 Å². The molecule has 1 saturated carbocycles. The lowest BCUT2D eigenvalue weighted by atomic mass is 9.81. The van der Waals surface area contributed by atoms with Crippen molar-refractivity contribution in [2.45, 2.75) is 58.0 Å². The lowest BCUT2D eigenvalue weighted by Crippen LogP contribution is -2.35. The molecule has 1 atom stereocenters. The Kier molecular flexibility index (Phi) is 5.02. The van der Waals surface area contributed by atoms with Gasteiger partial charge in [-0.3, -0.25) is 4.68 Å². The van der Waals surface area contributed by atoms with Gasteiger partial charge in [0.1, 0.15) is 0 Å². The maximum absolute atomic E-state index is 13.3. The Morgan fingerprint density at radius 3 is 2.65 bits per heavy atom. The summed E-state index contributed by atoms with van der Waals surface area (Å²) in [7, 11) is 0. The lowest BCUT2D eigenvalue weighted by molar-refractivity contribution is -0.0500. The Hall–Kier alpha value is -0.680. The second-order valence-corrected chi connectivity index (χ2v) is 5.83. The summed E-state index contributed by atoms with van der Waals surface area (Å²) < 4.78 is 28.5. The first-order chi connectivity index (χ1) is 9.48. The largest absolute Gasteiger partial charge is 0.309 e. The van der Waals surface area contributed by atoms with E-state index in [0.29, 0.717) is 17.9 Å². The van der Waals surface area contributed by atoms with Crippen molar-refractivity contribution in [3.05, 3.63) is 16.9 Å². The van der Waals surface area contributed by atoms with Crippen LogP contribution in [0.2, 0.25) is 5.02 Å². The Bertz CT molecular complexity index is 438. The number of aryl methyl sites for hydroxylation is 1. The van der Waals surface area contributed by atoms with E-state index >= 15 is 0 Å². The normalized spacial score (nSPS) is 21.1. The van der Waals surface area contributed by atoms with Gasteiger partial charge < -0.3 is 5.32 Å². The fourth-order valence-corrected chi connectivity index (χ4v) is 3.29. The van der Waals surface area contributed by atoms with Gasteiger partial charge >= 0.3 is 0 Å². The van der Waals surface area contributed by atoms with Gasteiger partial charge in [-0.2, -0.15) is 5.10 Å². The van der Waals surface area contributed by atoms with Gasteiger partial charge in [0.25, 0.3) is 0 Å². The van der Waals surface area contributed by atoms with E-state index in [4.69, 9.17) is 11.6 Å². The molecule has 0 spiro atoms. The van der Waals surface area contributed by atoms with E-state index in [-0.39, 0.29) is 24.8 Å². The molecule has 6 heteroatoms. The van der Waals surface area contributed by atoms with Gasteiger partial charge in [0.05, 0.1) is 23.0 Å². The second kappa shape index (κ2) is 6.39. The van der Waals surface area contributed by atoms with E-state index in [2.05, 4.69) is 10.4 Å². The van der Waals surface area contributed by atoms with Gasteiger partial charge in [0.2, 0.25) is 5.92 Å². The molecule has 0 aliphatic heterocycles. The summed E-state index contributed by atoms with van der Waals surface area (Å²) in [4.78, 5) is 0. The van der Waals surface area contributed by atoms with Crippen molar-refractivity contribution in [1.82, 2.24) is 15.1 Å². The topological polar surface area (TPSA) is 29.9 Å². The average molecular weight is 306 g/mol. The molecule has 1 fully saturated rings. The summed E-state index contributed by atoms with van der Waals surface area (Å²) in [6.07, 6.45) is 2.63. The van der Waals surface area contributed by atoms with E-state index < -0.39 is 5.92 Å². The third kappa shape index (κ3) is 3.31. The number of aromatic nitrogens is 2. The summed E-state index contributed by atoms with van der Waals surface area (Å²) in [6.45, 7) is 5.53. The van der Waals surface area contributed by atoms with Crippen molar-refractivity contribution < 1.29 is 8.78 Å². The molecule has 0 radical (unpaired) electrons. The summed E-state index contributed by atoms with van der Waals surface area (Å²) in [5.41, 5.74) is 0.936. The Labute approximate surface area is 123 Å². The van der Waals surface area contributed by atoms with Crippen molar-refractivity contribution in [3.63, 3.8) is 0 Å². The second-order valence-electron chi connectivity index (χ2n) is 5.42. The summed E-state index contributed by atoms with van der Waals surface area (Å²) >= 11 is 6.26. The zero-order valence-corrected chi connectivity index (χ0v) is 12.8. The van der Waals surface area contributed by atoms with Gasteiger partial charge in [-0.15, -0.1) is 0 Å². The van der Waals surface area contributed by atoms with Crippen LogP contribution < -0.4 is 5.32 Å². The summed E-state index contributed by atoms with van der Waals surface area (Å²) in [6, 6.07) is 0.00560. The van der Waals surface area contributed by atoms with Crippen LogP contribution >= 0.6 is 11.6 Å². The number of hydrogen-bond acceptors (Lipinski definition) is 2. The third-order valence-corrected chi connectivity index (χ3v) is 4.38. The fourth-order valence-electron chi connectivity index (χ4n) is 3.04. The molecule has 1 aliphatic carbocycles. The first-order valence-electron chi connectivity index (χ1n) is 7.31.